The lowest BCUT2D eigenvalue weighted by Crippen LogP contribution is -2.53. The fraction of sp³-hybridized carbons (Fsp3) is 0.562. The van der Waals surface area contributed by atoms with E-state index in [2.05, 4.69) is 4.72 Å². The van der Waals surface area contributed by atoms with E-state index in [1.807, 2.05) is 0 Å². The lowest BCUT2D eigenvalue weighted by atomic mass is 9.81. The number of Topliss-reactive ketones (excluding diaryl/α,β-unsaturated/α-hetero) is 1. The average molecular weight is 396 g/mol. The maximum Gasteiger partial charge on any atom is 0.417 e. The molecule has 2 saturated carbocycles. The van der Waals surface area contributed by atoms with Crippen LogP contribution in [0.1, 0.15) is 38.7 Å². The second kappa shape index (κ2) is 5.36. The molecule has 0 heterocycles. The van der Waals surface area contributed by atoms with Gasteiger partial charge in [0, 0.05) is 12.1 Å². The summed E-state index contributed by atoms with van der Waals surface area (Å²) in [6, 6.07) is 2.79. The summed E-state index contributed by atoms with van der Waals surface area (Å²) in [5, 5.41) is -0.521. The van der Waals surface area contributed by atoms with Crippen molar-refractivity contribution in [3.8, 4) is 0 Å². The van der Waals surface area contributed by atoms with E-state index in [0.717, 1.165) is 12.1 Å². The summed E-state index contributed by atoms with van der Waals surface area (Å²) in [6.45, 7) is 3.47. The van der Waals surface area contributed by atoms with Gasteiger partial charge in [0.25, 0.3) is 0 Å². The minimum absolute atomic E-state index is 0.0347. The molecule has 4 nitrogen and oxygen atoms in total. The number of sulfonamides is 1. The molecule has 2 aliphatic carbocycles. The summed E-state index contributed by atoms with van der Waals surface area (Å²) in [5.74, 6) is -0.404. The minimum Gasteiger partial charge on any atom is -0.298 e. The van der Waals surface area contributed by atoms with Gasteiger partial charge in [-0.1, -0.05) is 25.4 Å². The molecule has 1 aromatic carbocycles. The Morgan fingerprint density at radius 1 is 1.28 bits per heavy atom. The molecule has 1 aromatic rings. The Labute approximate surface area is 148 Å². The molecule has 0 spiro atoms. The monoisotopic (exact) mass is 395 g/mol. The lowest BCUT2D eigenvalue weighted by molar-refractivity contribution is -0.137. The standard InChI is InChI=1S/C16H17ClF3NO3S/c1-14(2)9-5-6-15(14,13(22)7-9)25(23,24)21-10-3-4-12(17)11(8-10)16(18,19)20/h3-4,8-9,21H,5-7H2,1-2H3. The van der Waals surface area contributed by atoms with E-state index in [-0.39, 0.29) is 30.2 Å². The number of hydrogen-bond acceptors (Lipinski definition) is 3. The molecule has 0 amide bonds. The predicted molar refractivity (Wildman–Crippen MR) is 87.9 cm³/mol. The van der Waals surface area contributed by atoms with Crippen LogP contribution < -0.4 is 4.72 Å². The average Bonchev–Trinajstić information content (AvgIpc) is 2.83. The van der Waals surface area contributed by atoms with Crippen LogP contribution in [-0.4, -0.2) is 18.9 Å². The van der Waals surface area contributed by atoms with Gasteiger partial charge in [-0.15, -0.1) is 0 Å². The Bertz CT molecular complexity index is 851. The Kier molecular flexibility index (Phi) is 3.97. The second-order valence-electron chi connectivity index (χ2n) is 7.21. The van der Waals surface area contributed by atoms with Gasteiger partial charge in [0.05, 0.1) is 10.6 Å². The van der Waals surface area contributed by atoms with E-state index in [0.29, 0.717) is 12.5 Å². The van der Waals surface area contributed by atoms with Crippen LogP contribution in [0.15, 0.2) is 18.2 Å². The number of alkyl halides is 3. The Hall–Kier alpha value is -1.28. The zero-order valence-corrected chi connectivity index (χ0v) is 15.1. The van der Waals surface area contributed by atoms with Crippen LogP contribution in [0.25, 0.3) is 0 Å². The topological polar surface area (TPSA) is 63.2 Å². The zero-order chi connectivity index (χ0) is 18.8. The summed E-state index contributed by atoms with van der Waals surface area (Å²) < 4.78 is 65.5. The van der Waals surface area contributed by atoms with Crippen molar-refractivity contribution in [1.29, 1.82) is 0 Å². The van der Waals surface area contributed by atoms with Gasteiger partial charge in [-0.2, -0.15) is 13.2 Å². The van der Waals surface area contributed by atoms with Crippen molar-refractivity contribution >= 4 is 33.1 Å². The van der Waals surface area contributed by atoms with Gasteiger partial charge < -0.3 is 0 Å². The first-order valence-corrected chi connectivity index (χ1v) is 9.61. The molecule has 9 heteroatoms. The molecule has 0 aliphatic heterocycles. The molecule has 2 bridgehead atoms. The van der Waals surface area contributed by atoms with Crippen molar-refractivity contribution in [2.45, 2.75) is 44.0 Å². The van der Waals surface area contributed by atoms with Crippen molar-refractivity contribution in [1.82, 2.24) is 0 Å². The predicted octanol–water partition coefficient (Wildman–Crippen LogP) is 4.25. The first-order valence-electron chi connectivity index (χ1n) is 7.75. The zero-order valence-electron chi connectivity index (χ0n) is 13.6. The Morgan fingerprint density at radius 2 is 1.92 bits per heavy atom. The molecule has 2 atom stereocenters. The Morgan fingerprint density at radius 3 is 2.40 bits per heavy atom. The number of rotatable bonds is 3. The van der Waals surface area contributed by atoms with Crippen molar-refractivity contribution < 1.29 is 26.4 Å². The number of fused-ring (bicyclic) bond motifs is 2. The molecule has 25 heavy (non-hydrogen) atoms. The number of halogens is 4. The van der Waals surface area contributed by atoms with Gasteiger partial charge in [-0.3, -0.25) is 9.52 Å². The molecule has 2 unspecified atom stereocenters. The quantitative estimate of drug-likeness (QED) is 0.832. The van der Waals surface area contributed by atoms with Gasteiger partial charge >= 0.3 is 6.18 Å². The maximum absolute atomic E-state index is 13.0. The molecule has 0 radical (unpaired) electrons. The summed E-state index contributed by atoms with van der Waals surface area (Å²) in [4.78, 5) is 12.5. The van der Waals surface area contributed by atoms with Gasteiger partial charge in [-0.25, -0.2) is 8.42 Å². The Balaban J connectivity index is 2.02. The fourth-order valence-electron chi connectivity index (χ4n) is 4.31. The van der Waals surface area contributed by atoms with E-state index in [9.17, 15) is 26.4 Å². The first-order chi connectivity index (χ1) is 11.3. The number of ketones is 1. The van der Waals surface area contributed by atoms with E-state index >= 15 is 0 Å². The third-order valence-corrected chi connectivity index (χ3v) is 8.48. The fourth-order valence-corrected chi connectivity index (χ4v) is 6.78. The van der Waals surface area contributed by atoms with Crippen LogP contribution >= 0.6 is 11.6 Å². The number of nitrogens with one attached hydrogen (secondary N) is 1. The van der Waals surface area contributed by atoms with Crippen LogP contribution in [0.3, 0.4) is 0 Å². The molecule has 2 fully saturated rings. The van der Waals surface area contributed by atoms with E-state index in [4.69, 9.17) is 11.6 Å². The van der Waals surface area contributed by atoms with E-state index in [1.54, 1.807) is 13.8 Å². The van der Waals surface area contributed by atoms with Crippen LogP contribution in [0.5, 0.6) is 0 Å². The van der Waals surface area contributed by atoms with E-state index in [1.165, 1.54) is 0 Å². The minimum atomic E-state index is -4.71. The summed E-state index contributed by atoms with van der Waals surface area (Å²) in [6.07, 6.45) is -3.74. The van der Waals surface area contributed by atoms with Crippen LogP contribution in [0.2, 0.25) is 5.02 Å². The molecule has 1 N–H and O–H groups in total. The molecule has 0 saturated heterocycles. The van der Waals surface area contributed by atoms with Crippen molar-refractivity contribution in [3.05, 3.63) is 28.8 Å². The molecule has 138 valence electrons. The largest absolute Gasteiger partial charge is 0.417 e. The second-order valence-corrected chi connectivity index (χ2v) is 9.52. The SMILES string of the molecule is CC1(C)C2CCC1(S(=O)(=O)Nc1ccc(Cl)c(C(F)(F)F)c1)C(=O)C2. The summed E-state index contributed by atoms with van der Waals surface area (Å²) in [5.41, 5.74) is -2.16. The van der Waals surface area contributed by atoms with Gasteiger partial charge in [-0.05, 0) is 42.4 Å². The molecule has 2 aliphatic rings. The van der Waals surface area contributed by atoms with Crippen LogP contribution in [-0.2, 0) is 21.0 Å². The normalized spacial score (nSPS) is 28.4. The number of anilines is 1. The highest BCUT2D eigenvalue weighted by Gasteiger charge is 2.71. The third kappa shape index (κ3) is 2.48. The smallest absolute Gasteiger partial charge is 0.298 e. The summed E-state index contributed by atoms with van der Waals surface area (Å²) in [7, 11) is -4.22. The van der Waals surface area contributed by atoms with Gasteiger partial charge in [0.1, 0.15) is 0 Å². The molecule has 3 rings (SSSR count). The van der Waals surface area contributed by atoms with Crippen LogP contribution in [0, 0.1) is 11.3 Å². The highest BCUT2D eigenvalue weighted by atomic mass is 35.5. The molecular weight excluding hydrogens is 379 g/mol. The number of carbonyl (C=O) groups is 1. The van der Waals surface area contributed by atoms with Crippen molar-refractivity contribution in [3.63, 3.8) is 0 Å². The lowest BCUT2D eigenvalue weighted by Gasteiger charge is -2.35. The van der Waals surface area contributed by atoms with Crippen LogP contribution in [0.4, 0.5) is 18.9 Å². The number of benzene rings is 1. The number of hydrogen-bond donors (Lipinski definition) is 1. The summed E-state index contributed by atoms with van der Waals surface area (Å²) >= 11 is 5.56. The van der Waals surface area contributed by atoms with Crippen molar-refractivity contribution in [2.24, 2.45) is 11.3 Å². The maximum atomic E-state index is 13.0. The van der Waals surface area contributed by atoms with Gasteiger partial charge in [0.15, 0.2) is 10.5 Å². The first kappa shape index (κ1) is 18.5. The van der Waals surface area contributed by atoms with Gasteiger partial charge in [0.2, 0.25) is 10.0 Å². The van der Waals surface area contributed by atoms with E-state index < -0.39 is 36.9 Å². The highest BCUT2D eigenvalue weighted by molar-refractivity contribution is 7.95. The molecule has 0 aromatic heterocycles. The number of carbonyl (C=O) groups excluding carboxylic acids is 1. The van der Waals surface area contributed by atoms with Crippen molar-refractivity contribution in [2.75, 3.05) is 4.72 Å². The highest BCUT2D eigenvalue weighted by Crippen LogP contribution is 2.62. The third-order valence-electron chi connectivity index (χ3n) is 5.77. The molecular formula is C16H17ClF3NO3S.